The van der Waals surface area contributed by atoms with Gasteiger partial charge < -0.3 is 10.1 Å². The standard InChI is InChI=1S/C10H23NOS/c1-3-4-5-6-11-7-9-13-10-8-12-2/h11H,3-10H2,1-2H3. The molecule has 0 unspecified atom stereocenters. The van der Waals surface area contributed by atoms with E-state index >= 15 is 0 Å². The van der Waals surface area contributed by atoms with Crippen LogP contribution in [0.2, 0.25) is 0 Å². The second-order valence-electron chi connectivity index (χ2n) is 3.06. The summed E-state index contributed by atoms with van der Waals surface area (Å²) >= 11 is 1.95. The van der Waals surface area contributed by atoms with Crippen molar-refractivity contribution in [3.8, 4) is 0 Å². The Morgan fingerprint density at radius 2 is 2.00 bits per heavy atom. The highest BCUT2D eigenvalue weighted by atomic mass is 32.2. The summed E-state index contributed by atoms with van der Waals surface area (Å²) in [6, 6.07) is 0. The molecule has 0 atom stereocenters. The molecule has 0 aromatic rings. The SMILES string of the molecule is CCCCCNCCSCCOC. The van der Waals surface area contributed by atoms with Gasteiger partial charge in [-0.25, -0.2) is 0 Å². The van der Waals surface area contributed by atoms with E-state index in [0.717, 1.165) is 18.9 Å². The average Bonchev–Trinajstić information content (AvgIpc) is 2.16. The minimum absolute atomic E-state index is 0.875. The molecule has 0 rings (SSSR count). The Balaban J connectivity index is 2.76. The second kappa shape index (κ2) is 12.3. The minimum Gasteiger partial charge on any atom is -0.384 e. The molecule has 0 aromatic heterocycles. The maximum Gasteiger partial charge on any atom is 0.0552 e. The van der Waals surface area contributed by atoms with Gasteiger partial charge in [-0.05, 0) is 13.0 Å². The number of nitrogens with one attached hydrogen (secondary N) is 1. The third kappa shape index (κ3) is 12.3. The number of ether oxygens (including phenoxy) is 1. The van der Waals surface area contributed by atoms with Crippen LogP contribution in [0.15, 0.2) is 0 Å². The number of unbranched alkanes of at least 4 members (excludes halogenated alkanes) is 2. The van der Waals surface area contributed by atoms with Gasteiger partial charge in [0.25, 0.3) is 0 Å². The van der Waals surface area contributed by atoms with Crippen LogP contribution in [0.5, 0.6) is 0 Å². The molecule has 0 aliphatic rings. The summed E-state index contributed by atoms with van der Waals surface area (Å²) in [5.41, 5.74) is 0. The summed E-state index contributed by atoms with van der Waals surface area (Å²) in [5.74, 6) is 2.32. The molecule has 3 heteroatoms. The van der Waals surface area contributed by atoms with E-state index in [-0.39, 0.29) is 0 Å². The van der Waals surface area contributed by atoms with E-state index in [4.69, 9.17) is 4.74 Å². The van der Waals surface area contributed by atoms with E-state index in [0.29, 0.717) is 0 Å². The molecule has 80 valence electrons. The molecular weight excluding hydrogens is 182 g/mol. The highest BCUT2D eigenvalue weighted by Crippen LogP contribution is 1.97. The lowest BCUT2D eigenvalue weighted by Crippen LogP contribution is -2.18. The van der Waals surface area contributed by atoms with Crippen LogP contribution < -0.4 is 5.32 Å². The number of methoxy groups -OCH3 is 1. The van der Waals surface area contributed by atoms with Gasteiger partial charge in [-0.1, -0.05) is 19.8 Å². The van der Waals surface area contributed by atoms with Crippen molar-refractivity contribution < 1.29 is 4.74 Å². The van der Waals surface area contributed by atoms with Gasteiger partial charge in [0.15, 0.2) is 0 Å². The van der Waals surface area contributed by atoms with Crippen molar-refractivity contribution in [1.29, 1.82) is 0 Å². The molecule has 0 heterocycles. The molecule has 0 spiro atoms. The maximum atomic E-state index is 4.96. The Hall–Kier alpha value is 0.270. The molecule has 13 heavy (non-hydrogen) atoms. The highest BCUT2D eigenvalue weighted by molar-refractivity contribution is 7.99. The van der Waals surface area contributed by atoms with Gasteiger partial charge in [-0.3, -0.25) is 0 Å². The minimum atomic E-state index is 0.875. The Labute approximate surface area is 86.8 Å². The normalized spacial score (nSPS) is 10.6. The van der Waals surface area contributed by atoms with E-state index in [2.05, 4.69) is 12.2 Å². The summed E-state index contributed by atoms with van der Waals surface area (Å²) in [6.45, 7) is 5.43. The molecule has 0 radical (unpaired) electrons. The van der Waals surface area contributed by atoms with Crippen molar-refractivity contribution in [2.45, 2.75) is 26.2 Å². The first kappa shape index (κ1) is 13.3. The fourth-order valence-corrected chi connectivity index (χ4v) is 1.79. The van der Waals surface area contributed by atoms with Crippen molar-refractivity contribution in [2.24, 2.45) is 0 Å². The predicted octanol–water partition coefficient (Wildman–Crippen LogP) is 2.15. The molecule has 2 nitrogen and oxygen atoms in total. The maximum absolute atomic E-state index is 4.96. The third-order valence-corrected chi connectivity index (χ3v) is 2.76. The monoisotopic (exact) mass is 205 g/mol. The van der Waals surface area contributed by atoms with E-state index in [9.17, 15) is 0 Å². The average molecular weight is 205 g/mol. The molecular formula is C10H23NOS. The van der Waals surface area contributed by atoms with Crippen molar-refractivity contribution >= 4 is 11.8 Å². The van der Waals surface area contributed by atoms with Crippen LogP contribution in [0.1, 0.15) is 26.2 Å². The number of hydrogen-bond donors (Lipinski definition) is 1. The van der Waals surface area contributed by atoms with Crippen LogP contribution >= 0.6 is 11.8 Å². The quantitative estimate of drug-likeness (QED) is 0.552. The first-order chi connectivity index (χ1) is 6.41. The van der Waals surface area contributed by atoms with Crippen LogP contribution in [0.25, 0.3) is 0 Å². The summed E-state index contributed by atoms with van der Waals surface area (Å²) in [6.07, 6.45) is 3.98. The van der Waals surface area contributed by atoms with Gasteiger partial charge in [-0.2, -0.15) is 11.8 Å². The Bertz CT molecular complexity index is 81.0. The number of thioether (sulfide) groups is 1. The van der Waals surface area contributed by atoms with E-state index in [1.165, 1.54) is 31.6 Å². The van der Waals surface area contributed by atoms with Crippen LogP contribution in [0.3, 0.4) is 0 Å². The van der Waals surface area contributed by atoms with E-state index in [1.54, 1.807) is 7.11 Å². The number of rotatable bonds is 10. The molecule has 0 saturated heterocycles. The van der Waals surface area contributed by atoms with Crippen molar-refractivity contribution in [1.82, 2.24) is 5.32 Å². The van der Waals surface area contributed by atoms with Gasteiger partial charge in [0.1, 0.15) is 0 Å². The van der Waals surface area contributed by atoms with Crippen molar-refractivity contribution in [2.75, 3.05) is 38.3 Å². The van der Waals surface area contributed by atoms with E-state index in [1.807, 2.05) is 11.8 Å². The third-order valence-electron chi connectivity index (χ3n) is 1.81. The molecule has 0 aliphatic carbocycles. The smallest absolute Gasteiger partial charge is 0.0552 e. The number of hydrogen-bond acceptors (Lipinski definition) is 3. The largest absolute Gasteiger partial charge is 0.384 e. The zero-order valence-corrected chi connectivity index (χ0v) is 9.79. The van der Waals surface area contributed by atoms with Crippen LogP contribution in [0.4, 0.5) is 0 Å². The Morgan fingerprint density at radius 1 is 1.15 bits per heavy atom. The molecule has 0 saturated carbocycles. The predicted molar refractivity (Wildman–Crippen MR) is 61.6 cm³/mol. The summed E-state index contributed by atoms with van der Waals surface area (Å²) in [4.78, 5) is 0. The molecule has 0 aromatic carbocycles. The van der Waals surface area contributed by atoms with Crippen LogP contribution in [0, 0.1) is 0 Å². The second-order valence-corrected chi connectivity index (χ2v) is 4.29. The van der Waals surface area contributed by atoms with E-state index < -0.39 is 0 Å². The lowest BCUT2D eigenvalue weighted by Gasteiger charge is -2.03. The molecule has 0 bridgehead atoms. The van der Waals surface area contributed by atoms with Crippen molar-refractivity contribution in [3.63, 3.8) is 0 Å². The first-order valence-electron chi connectivity index (χ1n) is 5.19. The molecule has 0 aliphatic heterocycles. The molecule has 0 fully saturated rings. The van der Waals surface area contributed by atoms with Gasteiger partial charge in [0, 0.05) is 25.2 Å². The Morgan fingerprint density at radius 3 is 2.69 bits per heavy atom. The molecule has 0 amide bonds. The molecule has 1 N–H and O–H groups in total. The highest BCUT2D eigenvalue weighted by Gasteiger charge is 1.89. The van der Waals surface area contributed by atoms with Gasteiger partial charge >= 0.3 is 0 Å². The van der Waals surface area contributed by atoms with Crippen LogP contribution in [-0.2, 0) is 4.74 Å². The zero-order valence-electron chi connectivity index (χ0n) is 8.97. The topological polar surface area (TPSA) is 21.3 Å². The van der Waals surface area contributed by atoms with Crippen LogP contribution in [-0.4, -0.2) is 38.3 Å². The lowest BCUT2D eigenvalue weighted by molar-refractivity contribution is 0.218. The first-order valence-corrected chi connectivity index (χ1v) is 6.34. The van der Waals surface area contributed by atoms with Gasteiger partial charge in [-0.15, -0.1) is 0 Å². The fourth-order valence-electron chi connectivity index (χ4n) is 1.01. The lowest BCUT2D eigenvalue weighted by atomic mass is 10.2. The van der Waals surface area contributed by atoms with Crippen molar-refractivity contribution in [3.05, 3.63) is 0 Å². The summed E-state index contributed by atoms with van der Waals surface area (Å²) < 4.78 is 4.96. The zero-order chi connectivity index (χ0) is 9.78. The van der Waals surface area contributed by atoms with Gasteiger partial charge in [0.2, 0.25) is 0 Å². The Kier molecular flexibility index (Phi) is 12.5. The van der Waals surface area contributed by atoms with Gasteiger partial charge in [0.05, 0.1) is 6.61 Å². The fraction of sp³-hybridized carbons (Fsp3) is 1.00. The summed E-state index contributed by atoms with van der Waals surface area (Å²) in [7, 11) is 1.75. The summed E-state index contributed by atoms with van der Waals surface area (Å²) in [5, 5.41) is 3.44.